The summed E-state index contributed by atoms with van der Waals surface area (Å²) in [6.07, 6.45) is 0.933. The van der Waals surface area contributed by atoms with Gasteiger partial charge in [-0.15, -0.1) is 0 Å². The highest BCUT2D eigenvalue weighted by atomic mass is 35.5. The van der Waals surface area contributed by atoms with Crippen LogP contribution >= 0.6 is 11.6 Å². The molecule has 2 unspecified atom stereocenters. The van der Waals surface area contributed by atoms with Gasteiger partial charge < -0.3 is 20.3 Å². The fraction of sp³-hybridized carbons (Fsp3) is 0.625. The molecule has 4 nitrogen and oxygen atoms in total. The van der Waals surface area contributed by atoms with Crippen LogP contribution in [0.3, 0.4) is 0 Å². The Morgan fingerprint density at radius 3 is 2.29 bits per heavy atom. The zero-order chi connectivity index (χ0) is 15.7. The third-order valence-electron chi connectivity index (χ3n) is 3.58. The van der Waals surface area contributed by atoms with E-state index in [-0.39, 0.29) is 12.7 Å². The molecule has 0 aliphatic heterocycles. The van der Waals surface area contributed by atoms with Crippen molar-refractivity contribution in [2.75, 3.05) is 19.7 Å². The van der Waals surface area contributed by atoms with Gasteiger partial charge in [-0.2, -0.15) is 0 Å². The van der Waals surface area contributed by atoms with Crippen LogP contribution in [0.1, 0.15) is 26.7 Å². The molecule has 120 valence electrons. The number of aliphatic hydroxyl groups is 2. The summed E-state index contributed by atoms with van der Waals surface area (Å²) in [6.45, 7) is 5.24. The van der Waals surface area contributed by atoms with Gasteiger partial charge in [0.25, 0.3) is 0 Å². The van der Waals surface area contributed by atoms with Crippen LogP contribution in [0.15, 0.2) is 24.3 Å². The Hall–Kier alpha value is -0.810. The molecule has 0 fully saturated rings. The molecule has 0 saturated heterocycles. The molecule has 1 rings (SSSR count). The predicted molar refractivity (Wildman–Crippen MR) is 85.9 cm³/mol. The van der Waals surface area contributed by atoms with Crippen molar-refractivity contribution in [1.29, 1.82) is 0 Å². The van der Waals surface area contributed by atoms with E-state index in [1.165, 1.54) is 0 Å². The average molecular weight is 316 g/mol. The Balaban J connectivity index is 2.19. The Morgan fingerprint density at radius 2 is 1.71 bits per heavy atom. The third-order valence-corrected chi connectivity index (χ3v) is 3.83. The fourth-order valence-corrected chi connectivity index (χ4v) is 2.31. The number of rotatable bonds is 10. The smallest absolute Gasteiger partial charge is 0.119 e. The molecule has 0 aliphatic carbocycles. The van der Waals surface area contributed by atoms with Crippen LogP contribution in [0.25, 0.3) is 0 Å². The van der Waals surface area contributed by atoms with Gasteiger partial charge in [0.05, 0.1) is 6.10 Å². The Labute approximate surface area is 132 Å². The number of nitrogens with one attached hydrogen (secondary N) is 1. The summed E-state index contributed by atoms with van der Waals surface area (Å²) in [6, 6.07) is 7.01. The Morgan fingerprint density at radius 1 is 1.10 bits per heavy atom. The minimum atomic E-state index is -0.616. The van der Waals surface area contributed by atoms with E-state index in [1.807, 2.05) is 0 Å². The molecule has 1 aromatic carbocycles. The van der Waals surface area contributed by atoms with Crippen molar-refractivity contribution in [3.05, 3.63) is 29.3 Å². The van der Waals surface area contributed by atoms with Crippen molar-refractivity contribution in [1.82, 2.24) is 5.32 Å². The number of hydrogen-bond donors (Lipinski definition) is 3. The van der Waals surface area contributed by atoms with Gasteiger partial charge in [-0.25, -0.2) is 0 Å². The number of benzene rings is 1. The second-order valence-electron chi connectivity index (χ2n) is 5.22. The van der Waals surface area contributed by atoms with Crippen LogP contribution in [0.4, 0.5) is 0 Å². The molecule has 2 atom stereocenters. The zero-order valence-electron chi connectivity index (χ0n) is 12.8. The monoisotopic (exact) mass is 315 g/mol. The lowest BCUT2D eigenvalue weighted by molar-refractivity contribution is 0.0819. The summed E-state index contributed by atoms with van der Waals surface area (Å²) in [4.78, 5) is 0. The lowest BCUT2D eigenvalue weighted by Crippen LogP contribution is -2.38. The largest absolute Gasteiger partial charge is 0.491 e. The molecule has 21 heavy (non-hydrogen) atoms. The number of halogens is 1. The van der Waals surface area contributed by atoms with E-state index < -0.39 is 6.10 Å². The van der Waals surface area contributed by atoms with Gasteiger partial charge in [0.2, 0.25) is 0 Å². The maximum atomic E-state index is 9.97. The van der Waals surface area contributed by atoms with Crippen molar-refractivity contribution >= 4 is 11.6 Å². The molecule has 3 N–H and O–H groups in total. The van der Waals surface area contributed by atoms with Crippen molar-refractivity contribution in [2.24, 2.45) is 5.92 Å². The summed E-state index contributed by atoms with van der Waals surface area (Å²) in [5, 5.41) is 23.5. The van der Waals surface area contributed by atoms with Crippen molar-refractivity contribution in [2.45, 2.75) is 38.9 Å². The summed E-state index contributed by atoms with van der Waals surface area (Å²) < 4.78 is 5.46. The molecule has 0 radical (unpaired) electrons. The Bertz CT molecular complexity index is 382. The quantitative estimate of drug-likeness (QED) is 0.621. The van der Waals surface area contributed by atoms with Gasteiger partial charge >= 0.3 is 0 Å². The lowest BCUT2D eigenvalue weighted by atomic mass is 9.96. The highest BCUT2D eigenvalue weighted by Gasteiger charge is 2.15. The van der Waals surface area contributed by atoms with Gasteiger partial charge in [-0.3, -0.25) is 0 Å². The van der Waals surface area contributed by atoms with Gasteiger partial charge in [0, 0.05) is 18.1 Å². The van der Waals surface area contributed by atoms with Gasteiger partial charge in [-0.1, -0.05) is 38.3 Å². The Kier molecular flexibility index (Phi) is 8.69. The molecular formula is C16H26ClNO3. The highest BCUT2D eigenvalue weighted by Crippen LogP contribution is 2.15. The molecule has 0 heterocycles. The van der Waals surface area contributed by atoms with Crippen LogP contribution < -0.4 is 10.1 Å². The number of hydrogen-bond acceptors (Lipinski definition) is 4. The summed E-state index contributed by atoms with van der Waals surface area (Å²) in [5.74, 6) is 0.982. The van der Waals surface area contributed by atoms with E-state index in [1.54, 1.807) is 24.3 Å². The van der Waals surface area contributed by atoms with Gasteiger partial charge in [-0.05, 0) is 30.2 Å². The predicted octanol–water partition coefficient (Wildman–Crippen LogP) is 2.47. The van der Waals surface area contributed by atoms with E-state index in [0.29, 0.717) is 29.8 Å². The summed E-state index contributed by atoms with van der Waals surface area (Å²) in [7, 11) is 0. The second kappa shape index (κ2) is 10.0. The fourth-order valence-electron chi connectivity index (χ4n) is 2.18. The van der Waals surface area contributed by atoms with E-state index >= 15 is 0 Å². The van der Waals surface area contributed by atoms with Crippen LogP contribution in [0.2, 0.25) is 5.02 Å². The normalized spacial score (nSPS) is 14.2. The van der Waals surface area contributed by atoms with E-state index in [4.69, 9.17) is 16.3 Å². The number of ether oxygens (including phenoxy) is 1. The molecule has 0 aliphatic rings. The highest BCUT2D eigenvalue weighted by molar-refractivity contribution is 6.30. The summed E-state index contributed by atoms with van der Waals surface area (Å²) >= 11 is 5.78. The first-order valence-electron chi connectivity index (χ1n) is 7.52. The molecule has 0 bridgehead atoms. The zero-order valence-corrected chi connectivity index (χ0v) is 13.5. The minimum absolute atomic E-state index is 0.204. The topological polar surface area (TPSA) is 61.7 Å². The van der Waals surface area contributed by atoms with Gasteiger partial charge in [0.1, 0.15) is 18.5 Å². The minimum Gasteiger partial charge on any atom is -0.491 e. The molecular weight excluding hydrogens is 290 g/mol. The average Bonchev–Trinajstić information content (AvgIpc) is 2.48. The molecule has 0 amide bonds. The SMILES string of the molecule is CCC(CC)C(O)CNCC(O)COc1ccc(Cl)cc1. The lowest BCUT2D eigenvalue weighted by Gasteiger charge is -2.21. The van der Waals surface area contributed by atoms with Crippen molar-refractivity contribution in [3.63, 3.8) is 0 Å². The molecule has 0 spiro atoms. The first-order chi connectivity index (χ1) is 10.1. The maximum absolute atomic E-state index is 9.97. The number of aliphatic hydroxyl groups excluding tert-OH is 2. The van der Waals surface area contributed by atoms with Gasteiger partial charge in [0.15, 0.2) is 0 Å². The van der Waals surface area contributed by atoms with E-state index in [2.05, 4.69) is 19.2 Å². The standard InChI is InChI=1S/C16H26ClNO3/c1-3-12(4-2)16(20)10-18-9-14(19)11-21-15-7-5-13(17)6-8-15/h5-8,12,14,16,18-20H,3-4,9-11H2,1-2H3. The third kappa shape index (κ3) is 7.14. The molecule has 1 aromatic rings. The summed E-state index contributed by atoms with van der Waals surface area (Å²) in [5.41, 5.74) is 0. The van der Waals surface area contributed by atoms with E-state index in [9.17, 15) is 10.2 Å². The molecule has 0 aromatic heterocycles. The van der Waals surface area contributed by atoms with Crippen LogP contribution in [-0.4, -0.2) is 42.1 Å². The first-order valence-corrected chi connectivity index (χ1v) is 7.89. The van der Waals surface area contributed by atoms with Crippen LogP contribution in [0.5, 0.6) is 5.75 Å². The first kappa shape index (κ1) is 18.2. The van der Waals surface area contributed by atoms with Crippen molar-refractivity contribution in [3.8, 4) is 5.75 Å². The maximum Gasteiger partial charge on any atom is 0.119 e. The molecule has 5 heteroatoms. The van der Waals surface area contributed by atoms with Crippen molar-refractivity contribution < 1.29 is 14.9 Å². The van der Waals surface area contributed by atoms with Crippen LogP contribution in [0, 0.1) is 5.92 Å². The molecule has 0 saturated carbocycles. The second-order valence-corrected chi connectivity index (χ2v) is 5.66. The van der Waals surface area contributed by atoms with Crippen LogP contribution in [-0.2, 0) is 0 Å². The van der Waals surface area contributed by atoms with E-state index in [0.717, 1.165) is 12.8 Å².